The lowest BCUT2D eigenvalue weighted by atomic mass is 10.3. The Morgan fingerprint density at radius 2 is 2.12 bits per heavy atom. The largest absolute Gasteiger partial charge is 0.384 e. The highest BCUT2D eigenvalue weighted by atomic mass is 16.1. The monoisotopic (exact) mass is 235 g/mol. The first-order valence-electron chi connectivity index (χ1n) is 6.26. The molecule has 1 rings (SSSR count). The Hall–Kier alpha value is -1.58. The summed E-state index contributed by atoms with van der Waals surface area (Å²) < 4.78 is 0. The summed E-state index contributed by atoms with van der Waals surface area (Å²) in [5, 5.41) is 6.04. The lowest BCUT2D eigenvalue weighted by Crippen LogP contribution is -2.11. The van der Waals surface area contributed by atoms with Gasteiger partial charge in [0, 0.05) is 13.0 Å². The van der Waals surface area contributed by atoms with Crippen molar-refractivity contribution in [3.8, 4) is 0 Å². The van der Waals surface area contributed by atoms with Crippen molar-refractivity contribution in [3.05, 3.63) is 18.3 Å². The molecular weight excluding hydrogens is 214 g/mol. The zero-order chi connectivity index (χ0) is 12.5. The van der Waals surface area contributed by atoms with E-state index in [2.05, 4.69) is 22.5 Å². The van der Waals surface area contributed by atoms with Gasteiger partial charge in [0.2, 0.25) is 5.91 Å². The number of nitrogens with zero attached hydrogens (tertiary/aromatic N) is 1. The van der Waals surface area contributed by atoms with Crippen LogP contribution in [0.15, 0.2) is 18.3 Å². The Balaban J connectivity index is 2.41. The van der Waals surface area contributed by atoms with Crippen molar-refractivity contribution in [3.63, 3.8) is 0 Å². The van der Waals surface area contributed by atoms with E-state index in [-0.39, 0.29) is 5.91 Å². The maximum Gasteiger partial charge on any atom is 0.225 e. The molecule has 1 amide bonds. The Morgan fingerprint density at radius 1 is 1.29 bits per heavy atom. The topological polar surface area (TPSA) is 54.0 Å². The van der Waals surface area contributed by atoms with Crippen LogP contribution in [0.3, 0.4) is 0 Å². The summed E-state index contributed by atoms with van der Waals surface area (Å²) in [6, 6.07) is 3.76. The standard InChI is InChI=1S/C13H21N3O/c1-3-5-9-14-11-7-8-12(15-10-11)16-13(17)6-4-2/h7-8,10,14H,3-6,9H2,1-2H3,(H,15,16,17). The zero-order valence-electron chi connectivity index (χ0n) is 10.6. The second-order valence-electron chi connectivity index (χ2n) is 4.01. The highest BCUT2D eigenvalue weighted by Gasteiger charge is 2.01. The molecule has 0 bridgehead atoms. The third-order valence-corrected chi connectivity index (χ3v) is 2.37. The van der Waals surface area contributed by atoms with Crippen molar-refractivity contribution in [2.75, 3.05) is 17.2 Å². The lowest BCUT2D eigenvalue weighted by molar-refractivity contribution is -0.116. The summed E-state index contributed by atoms with van der Waals surface area (Å²) >= 11 is 0. The third-order valence-electron chi connectivity index (χ3n) is 2.37. The molecule has 94 valence electrons. The normalized spacial score (nSPS) is 10.0. The molecular formula is C13H21N3O. The number of anilines is 2. The SMILES string of the molecule is CCCCNc1ccc(NC(=O)CCC)nc1. The van der Waals surface area contributed by atoms with E-state index >= 15 is 0 Å². The molecule has 0 atom stereocenters. The number of amides is 1. The lowest BCUT2D eigenvalue weighted by Gasteiger charge is -2.07. The Labute approximate surface area is 103 Å². The number of pyridine rings is 1. The van der Waals surface area contributed by atoms with E-state index in [1.165, 1.54) is 6.42 Å². The molecule has 4 nitrogen and oxygen atoms in total. The molecule has 1 aromatic rings. The predicted molar refractivity (Wildman–Crippen MR) is 71.2 cm³/mol. The second-order valence-corrected chi connectivity index (χ2v) is 4.01. The molecule has 0 aromatic carbocycles. The first-order valence-corrected chi connectivity index (χ1v) is 6.26. The first kappa shape index (κ1) is 13.5. The van der Waals surface area contributed by atoms with Gasteiger partial charge in [-0.2, -0.15) is 0 Å². The summed E-state index contributed by atoms with van der Waals surface area (Å²) in [7, 11) is 0. The number of rotatable bonds is 7. The molecule has 0 fully saturated rings. The van der Waals surface area contributed by atoms with Gasteiger partial charge in [-0.1, -0.05) is 20.3 Å². The average molecular weight is 235 g/mol. The van der Waals surface area contributed by atoms with E-state index < -0.39 is 0 Å². The van der Waals surface area contributed by atoms with Crippen molar-refractivity contribution in [1.82, 2.24) is 4.98 Å². The number of carbonyl (C=O) groups is 1. The van der Waals surface area contributed by atoms with Crippen LogP contribution in [0, 0.1) is 0 Å². The van der Waals surface area contributed by atoms with Gasteiger partial charge in [0.15, 0.2) is 0 Å². The molecule has 1 aromatic heterocycles. The van der Waals surface area contributed by atoms with Gasteiger partial charge in [0.1, 0.15) is 5.82 Å². The Morgan fingerprint density at radius 3 is 2.71 bits per heavy atom. The van der Waals surface area contributed by atoms with Gasteiger partial charge in [0.05, 0.1) is 11.9 Å². The van der Waals surface area contributed by atoms with E-state index in [0.29, 0.717) is 12.2 Å². The molecule has 0 saturated heterocycles. The predicted octanol–water partition coefficient (Wildman–Crippen LogP) is 3.03. The van der Waals surface area contributed by atoms with Crippen LogP contribution in [0.25, 0.3) is 0 Å². The van der Waals surface area contributed by atoms with Crippen molar-refractivity contribution in [2.24, 2.45) is 0 Å². The molecule has 0 spiro atoms. The van der Waals surface area contributed by atoms with E-state index in [0.717, 1.165) is 25.1 Å². The van der Waals surface area contributed by atoms with E-state index in [4.69, 9.17) is 0 Å². The number of hydrogen-bond acceptors (Lipinski definition) is 3. The summed E-state index contributed by atoms with van der Waals surface area (Å²) in [6.45, 7) is 5.10. The summed E-state index contributed by atoms with van der Waals surface area (Å²) in [6.07, 6.45) is 5.46. The number of unbranched alkanes of at least 4 members (excludes halogenated alkanes) is 1. The average Bonchev–Trinajstić information content (AvgIpc) is 2.32. The van der Waals surface area contributed by atoms with Crippen LogP contribution in [-0.2, 0) is 4.79 Å². The van der Waals surface area contributed by atoms with Gasteiger partial charge in [-0.25, -0.2) is 4.98 Å². The Bertz CT molecular complexity index is 335. The maximum absolute atomic E-state index is 11.3. The summed E-state index contributed by atoms with van der Waals surface area (Å²) in [5.41, 5.74) is 0.993. The van der Waals surface area contributed by atoms with Crippen molar-refractivity contribution in [1.29, 1.82) is 0 Å². The summed E-state index contributed by atoms with van der Waals surface area (Å²) in [4.78, 5) is 15.5. The van der Waals surface area contributed by atoms with Crippen LogP contribution in [0.5, 0.6) is 0 Å². The second kappa shape index (κ2) is 7.65. The first-order chi connectivity index (χ1) is 8.26. The van der Waals surface area contributed by atoms with Gasteiger partial charge in [-0.15, -0.1) is 0 Å². The van der Waals surface area contributed by atoms with Crippen LogP contribution in [0.4, 0.5) is 11.5 Å². The molecule has 4 heteroatoms. The molecule has 0 aliphatic heterocycles. The summed E-state index contributed by atoms with van der Waals surface area (Å²) in [5.74, 6) is 0.635. The Kier molecular flexibility index (Phi) is 6.07. The van der Waals surface area contributed by atoms with Crippen molar-refractivity contribution < 1.29 is 4.79 Å². The highest BCUT2D eigenvalue weighted by molar-refractivity contribution is 5.89. The number of aromatic nitrogens is 1. The smallest absolute Gasteiger partial charge is 0.225 e. The fourth-order valence-corrected chi connectivity index (χ4v) is 1.41. The fraction of sp³-hybridized carbons (Fsp3) is 0.538. The van der Waals surface area contributed by atoms with Gasteiger partial charge < -0.3 is 10.6 Å². The van der Waals surface area contributed by atoms with E-state index in [9.17, 15) is 4.79 Å². The molecule has 1 heterocycles. The molecule has 0 aliphatic carbocycles. The molecule has 0 aliphatic rings. The van der Waals surface area contributed by atoms with Crippen molar-refractivity contribution >= 4 is 17.4 Å². The molecule has 0 unspecified atom stereocenters. The fourth-order valence-electron chi connectivity index (χ4n) is 1.41. The van der Waals surface area contributed by atoms with Crippen LogP contribution < -0.4 is 10.6 Å². The van der Waals surface area contributed by atoms with Crippen LogP contribution in [0.1, 0.15) is 39.5 Å². The van der Waals surface area contributed by atoms with Crippen LogP contribution in [0.2, 0.25) is 0 Å². The van der Waals surface area contributed by atoms with E-state index in [1.54, 1.807) is 6.20 Å². The van der Waals surface area contributed by atoms with Gasteiger partial charge >= 0.3 is 0 Å². The quantitative estimate of drug-likeness (QED) is 0.714. The zero-order valence-corrected chi connectivity index (χ0v) is 10.6. The van der Waals surface area contributed by atoms with Gasteiger partial charge in [-0.3, -0.25) is 4.79 Å². The maximum atomic E-state index is 11.3. The minimum Gasteiger partial charge on any atom is -0.384 e. The number of carbonyl (C=O) groups excluding carboxylic acids is 1. The third kappa shape index (κ3) is 5.33. The molecule has 0 radical (unpaired) electrons. The number of nitrogens with one attached hydrogen (secondary N) is 2. The minimum absolute atomic E-state index is 0.0201. The molecule has 0 saturated carbocycles. The van der Waals surface area contributed by atoms with Crippen LogP contribution >= 0.6 is 0 Å². The molecule has 2 N–H and O–H groups in total. The van der Waals surface area contributed by atoms with Gasteiger partial charge in [0.25, 0.3) is 0 Å². The van der Waals surface area contributed by atoms with E-state index in [1.807, 2.05) is 19.1 Å². The highest BCUT2D eigenvalue weighted by Crippen LogP contribution is 2.10. The molecule has 17 heavy (non-hydrogen) atoms. The minimum atomic E-state index is 0.0201. The van der Waals surface area contributed by atoms with Crippen molar-refractivity contribution in [2.45, 2.75) is 39.5 Å². The van der Waals surface area contributed by atoms with Crippen LogP contribution in [-0.4, -0.2) is 17.4 Å². The number of hydrogen-bond donors (Lipinski definition) is 2. The van der Waals surface area contributed by atoms with Gasteiger partial charge in [-0.05, 0) is 25.0 Å².